The molecule has 33 heavy (non-hydrogen) atoms. The van der Waals surface area contributed by atoms with E-state index in [2.05, 4.69) is 24.3 Å². The lowest BCUT2D eigenvalue weighted by Gasteiger charge is -2.21. The van der Waals surface area contributed by atoms with Crippen molar-refractivity contribution in [1.82, 2.24) is 0 Å². The van der Waals surface area contributed by atoms with Crippen LogP contribution in [0.2, 0.25) is 0 Å². The Balaban J connectivity index is 1.66. The maximum Gasteiger partial charge on any atom is 0.124 e. The maximum absolute atomic E-state index is 11.6. The Hall–Kier alpha value is -4.14. The third-order valence-electron chi connectivity index (χ3n) is 6.50. The second-order valence-corrected chi connectivity index (χ2v) is 8.44. The zero-order chi connectivity index (χ0) is 22.4. The van der Waals surface area contributed by atoms with Gasteiger partial charge in [0.1, 0.15) is 11.9 Å². The molecule has 0 amide bonds. The van der Waals surface area contributed by atoms with Crippen LogP contribution >= 0.6 is 0 Å². The van der Waals surface area contributed by atoms with Crippen LogP contribution in [0.25, 0.3) is 43.4 Å². The molecular formula is C31H22O2. The average molecular weight is 427 g/mol. The fraction of sp³-hybridized carbons (Fsp3) is 0.0323. The Labute approximate surface area is 192 Å². The molecule has 2 heteroatoms. The molecule has 0 bridgehead atoms. The number of fused-ring (bicyclic) bond motifs is 3. The number of hydrogen-bond acceptors (Lipinski definition) is 2. The van der Waals surface area contributed by atoms with Crippen molar-refractivity contribution in [1.29, 1.82) is 0 Å². The summed E-state index contributed by atoms with van der Waals surface area (Å²) in [6.45, 7) is 0. The number of aliphatic hydroxyl groups excluding tert-OH is 1. The first-order valence-corrected chi connectivity index (χ1v) is 11.1. The highest BCUT2D eigenvalue weighted by atomic mass is 16.3. The summed E-state index contributed by atoms with van der Waals surface area (Å²) in [5.41, 5.74) is 3.21. The first-order chi connectivity index (χ1) is 16.2. The van der Waals surface area contributed by atoms with Crippen molar-refractivity contribution >= 4 is 32.3 Å². The second-order valence-electron chi connectivity index (χ2n) is 8.44. The van der Waals surface area contributed by atoms with Crippen LogP contribution in [-0.2, 0) is 0 Å². The van der Waals surface area contributed by atoms with Gasteiger partial charge in [-0.1, -0.05) is 103 Å². The first kappa shape index (κ1) is 19.5. The molecule has 2 N–H and O–H groups in total. The van der Waals surface area contributed by atoms with E-state index in [1.165, 1.54) is 0 Å². The summed E-state index contributed by atoms with van der Waals surface area (Å²) in [5.74, 6) is 0.206. The van der Waals surface area contributed by atoms with E-state index in [4.69, 9.17) is 0 Å². The number of rotatable bonds is 3. The molecule has 0 radical (unpaired) electrons. The van der Waals surface area contributed by atoms with Crippen molar-refractivity contribution in [2.24, 2.45) is 0 Å². The van der Waals surface area contributed by atoms with Gasteiger partial charge in [-0.15, -0.1) is 0 Å². The summed E-state index contributed by atoms with van der Waals surface area (Å²) in [6, 6.07) is 38.1. The summed E-state index contributed by atoms with van der Waals surface area (Å²) in [7, 11) is 0. The Morgan fingerprint density at radius 3 is 1.76 bits per heavy atom. The van der Waals surface area contributed by atoms with E-state index < -0.39 is 6.10 Å². The molecule has 0 spiro atoms. The van der Waals surface area contributed by atoms with Gasteiger partial charge in [0.05, 0.1) is 0 Å². The molecule has 0 aliphatic rings. The molecule has 6 aromatic rings. The summed E-state index contributed by atoms with van der Waals surface area (Å²) in [5, 5.41) is 29.0. The van der Waals surface area contributed by atoms with Crippen LogP contribution in [0.5, 0.6) is 5.75 Å². The zero-order valence-corrected chi connectivity index (χ0v) is 17.9. The summed E-state index contributed by atoms with van der Waals surface area (Å²) in [6.07, 6.45) is -0.840. The maximum atomic E-state index is 11.6. The zero-order valence-electron chi connectivity index (χ0n) is 17.9. The Morgan fingerprint density at radius 2 is 1.03 bits per heavy atom. The highest BCUT2D eigenvalue weighted by molar-refractivity contribution is 6.08. The smallest absolute Gasteiger partial charge is 0.124 e. The van der Waals surface area contributed by atoms with Crippen LogP contribution < -0.4 is 0 Å². The predicted octanol–water partition coefficient (Wildman–Crippen LogP) is 7.60. The molecule has 0 fully saturated rings. The van der Waals surface area contributed by atoms with Crippen LogP contribution in [0.1, 0.15) is 17.2 Å². The molecule has 0 aliphatic heterocycles. The molecule has 2 nitrogen and oxygen atoms in total. The van der Waals surface area contributed by atoms with Crippen LogP contribution in [0, 0.1) is 0 Å². The highest BCUT2D eigenvalue weighted by Gasteiger charge is 2.22. The van der Waals surface area contributed by atoms with E-state index >= 15 is 0 Å². The van der Waals surface area contributed by atoms with Crippen LogP contribution in [0.3, 0.4) is 0 Å². The van der Waals surface area contributed by atoms with Gasteiger partial charge in [-0.05, 0) is 61.1 Å². The monoisotopic (exact) mass is 426 g/mol. The van der Waals surface area contributed by atoms with Gasteiger partial charge >= 0.3 is 0 Å². The topological polar surface area (TPSA) is 40.5 Å². The number of aromatic hydroxyl groups is 1. The van der Waals surface area contributed by atoms with Crippen LogP contribution in [0.4, 0.5) is 0 Å². The Bertz CT molecular complexity index is 1650. The summed E-state index contributed by atoms with van der Waals surface area (Å²) in [4.78, 5) is 0. The van der Waals surface area contributed by atoms with Crippen molar-refractivity contribution in [2.45, 2.75) is 6.10 Å². The first-order valence-electron chi connectivity index (χ1n) is 11.1. The van der Waals surface area contributed by atoms with E-state index in [9.17, 15) is 10.2 Å². The Kier molecular flexibility index (Phi) is 4.60. The molecule has 0 aliphatic carbocycles. The van der Waals surface area contributed by atoms with Gasteiger partial charge in [-0.25, -0.2) is 0 Å². The van der Waals surface area contributed by atoms with Crippen LogP contribution in [0.15, 0.2) is 115 Å². The third-order valence-corrected chi connectivity index (χ3v) is 6.50. The number of phenols is 1. The molecule has 1 atom stereocenters. The van der Waals surface area contributed by atoms with Gasteiger partial charge in [0.15, 0.2) is 0 Å². The van der Waals surface area contributed by atoms with Crippen molar-refractivity contribution in [3.63, 3.8) is 0 Å². The lowest BCUT2D eigenvalue weighted by atomic mass is 9.86. The Morgan fingerprint density at radius 1 is 0.485 bits per heavy atom. The highest BCUT2D eigenvalue weighted by Crippen LogP contribution is 2.44. The quantitative estimate of drug-likeness (QED) is 0.306. The lowest BCUT2D eigenvalue weighted by Crippen LogP contribution is -2.03. The fourth-order valence-electron chi connectivity index (χ4n) is 4.88. The fourth-order valence-corrected chi connectivity index (χ4v) is 4.88. The van der Waals surface area contributed by atoms with Crippen molar-refractivity contribution in [3.8, 4) is 16.9 Å². The number of hydrogen-bond donors (Lipinski definition) is 2. The van der Waals surface area contributed by atoms with E-state index in [1.54, 1.807) is 6.07 Å². The van der Waals surface area contributed by atoms with Gasteiger partial charge in [-0.3, -0.25) is 0 Å². The molecule has 0 aromatic heterocycles. The SMILES string of the molecule is Oc1ccc2ccccc2c1-c1c(C(O)c2ccc3ccccc3c2)ccc2ccccc12. The van der Waals surface area contributed by atoms with Gasteiger partial charge in [-0.2, -0.15) is 0 Å². The lowest BCUT2D eigenvalue weighted by molar-refractivity contribution is 0.221. The summed E-state index contributed by atoms with van der Waals surface area (Å²) >= 11 is 0. The van der Waals surface area contributed by atoms with E-state index in [0.717, 1.165) is 54.6 Å². The third kappa shape index (κ3) is 3.24. The number of phenolic OH excluding ortho intramolecular Hbond substituents is 1. The normalized spacial score (nSPS) is 12.4. The largest absolute Gasteiger partial charge is 0.507 e. The molecule has 0 saturated heterocycles. The van der Waals surface area contributed by atoms with Gasteiger partial charge < -0.3 is 10.2 Å². The van der Waals surface area contributed by atoms with E-state index in [-0.39, 0.29) is 5.75 Å². The van der Waals surface area contributed by atoms with Crippen molar-refractivity contribution in [2.75, 3.05) is 0 Å². The van der Waals surface area contributed by atoms with Crippen molar-refractivity contribution in [3.05, 3.63) is 126 Å². The molecule has 6 aromatic carbocycles. The molecule has 0 heterocycles. The van der Waals surface area contributed by atoms with E-state index in [0.29, 0.717) is 0 Å². The molecule has 1 unspecified atom stereocenters. The molecular weight excluding hydrogens is 404 g/mol. The minimum Gasteiger partial charge on any atom is -0.507 e. The minimum atomic E-state index is -0.840. The molecule has 6 rings (SSSR count). The average Bonchev–Trinajstić information content (AvgIpc) is 2.87. The van der Waals surface area contributed by atoms with Crippen molar-refractivity contribution < 1.29 is 10.2 Å². The van der Waals surface area contributed by atoms with E-state index in [1.807, 2.05) is 84.9 Å². The van der Waals surface area contributed by atoms with Crippen LogP contribution in [-0.4, -0.2) is 10.2 Å². The van der Waals surface area contributed by atoms with Gasteiger partial charge in [0, 0.05) is 5.56 Å². The standard InChI is InChI=1S/C31H22O2/c32-28-18-16-22-9-4-6-12-26(22)30(28)29-25-11-5-3-8-21(25)15-17-27(29)31(33)24-14-13-20-7-1-2-10-23(20)19-24/h1-19,31-33H. The number of benzene rings is 6. The number of aliphatic hydroxyl groups is 1. The second kappa shape index (κ2) is 7.77. The van der Waals surface area contributed by atoms with Gasteiger partial charge in [0.2, 0.25) is 0 Å². The predicted molar refractivity (Wildman–Crippen MR) is 137 cm³/mol. The van der Waals surface area contributed by atoms with Gasteiger partial charge in [0.25, 0.3) is 0 Å². The summed E-state index contributed by atoms with van der Waals surface area (Å²) < 4.78 is 0. The molecule has 158 valence electrons. The minimum absolute atomic E-state index is 0.206. The molecule has 0 saturated carbocycles.